The fourth-order valence-corrected chi connectivity index (χ4v) is 1.73. The van der Waals surface area contributed by atoms with Crippen LogP contribution in [0.2, 0.25) is 0 Å². The van der Waals surface area contributed by atoms with Gasteiger partial charge in [0, 0.05) is 6.07 Å². The third-order valence-corrected chi connectivity index (χ3v) is 2.64. The van der Waals surface area contributed by atoms with Crippen LogP contribution >= 0.6 is 0 Å². The van der Waals surface area contributed by atoms with Crippen LogP contribution in [0.15, 0.2) is 38.2 Å². The molecule has 0 bridgehead atoms. The Hall–Kier alpha value is -3.10. The Morgan fingerprint density at radius 2 is 2.15 bits per heavy atom. The molecule has 102 valence electrons. The van der Waals surface area contributed by atoms with Gasteiger partial charge in [-0.25, -0.2) is 14.0 Å². The highest BCUT2D eigenvalue weighted by atomic mass is 16.6. The SMILES string of the molecule is COc1cccc(-n2c(-c3nonc3N)noc2=O)c1. The second kappa shape index (κ2) is 4.53. The third-order valence-electron chi connectivity index (χ3n) is 2.64. The van der Waals surface area contributed by atoms with Gasteiger partial charge in [-0.2, -0.15) is 0 Å². The lowest BCUT2D eigenvalue weighted by molar-refractivity contribution is 0.310. The van der Waals surface area contributed by atoms with Gasteiger partial charge in [-0.3, -0.25) is 4.52 Å². The molecule has 3 rings (SSSR count). The first kappa shape index (κ1) is 12.0. The summed E-state index contributed by atoms with van der Waals surface area (Å²) in [6.07, 6.45) is 0. The standard InChI is InChI=1S/C11H9N5O4/c1-18-7-4-2-3-6(5-7)16-10(15-19-11(16)17)8-9(12)14-20-13-8/h2-5H,1H3,(H2,12,14). The van der Waals surface area contributed by atoms with Gasteiger partial charge in [-0.05, 0) is 22.4 Å². The summed E-state index contributed by atoms with van der Waals surface area (Å²) in [7, 11) is 1.52. The normalized spacial score (nSPS) is 10.7. The fourth-order valence-electron chi connectivity index (χ4n) is 1.73. The molecule has 0 atom stereocenters. The zero-order chi connectivity index (χ0) is 14.1. The van der Waals surface area contributed by atoms with E-state index in [2.05, 4.69) is 24.6 Å². The number of hydrogen-bond acceptors (Lipinski definition) is 8. The summed E-state index contributed by atoms with van der Waals surface area (Å²) in [6, 6.07) is 6.80. The lowest BCUT2D eigenvalue weighted by Crippen LogP contribution is -2.13. The van der Waals surface area contributed by atoms with Crippen LogP contribution in [-0.2, 0) is 0 Å². The number of aromatic nitrogens is 4. The van der Waals surface area contributed by atoms with Crippen LogP contribution in [0.4, 0.5) is 5.82 Å². The van der Waals surface area contributed by atoms with E-state index in [1.165, 1.54) is 11.7 Å². The van der Waals surface area contributed by atoms with E-state index in [-0.39, 0.29) is 17.3 Å². The molecule has 2 N–H and O–H groups in total. The molecule has 0 unspecified atom stereocenters. The summed E-state index contributed by atoms with van der Waals surface area (Å²) in [4.78, 5) is 11.8. The minimum atomic E-state index is -0.685. The predicted octanol–water partition coefficient (Wildman–Crippen LogP) is 0.466. The van der Waals surface area contributed by atoms with Gasteiger partial charge in [0.1, 0.15) is 5.75 Å². The molecule has 0 saturated heterocycles. The second-order valence-electron chi connectivity index (χ2n) is 3.81. The van der Waals surface area contributed by atoms with Gasteiger partial charge in [-0.15, -0.1) is 0 Å². The number of nitrogens with zero attached hydrogens (tertiary/aromatic N) is 4. The molecule has 0 aliphatic carbocycles. The molecular formula is C11H9N5O4. The molecule has 20 heavy (non-hydrogen) atoms. The number of nitrogens with two attached hydrogens (primary N) is 1. The third kappa shape index (κ3) is 1.81. The Morgan fingerprint density at radius 3 is 2.85 bits per heavy atom. The molecule has 0 saturated carbocycles. The van der Waals surface area contributed by atoms with Gasteiger partial charge in [0.15, 0.2) is 11.5 Å². The van der Waals surface area contributed by atoms with Gasteiger partial charge >= 0.3 is 5.76 Å². The van der Waals surface area contributed by atoms with E-state index in [0.717, 1.165) is 0 Å². The van der Waals surface area contributed by atoms with Crippen molar-refractivity contribution in [3.05, 3.63) is 34.8 Å². The van der Waals surface area contributed by atoms with Gasteiger partial charge in [-0.1, -0.05) is 11.2 Å². The van der Waals surface area contributed by atoms with Crippen LogP contribution < -0.4 is 16.2 Å². The topological polar surface area (TPSA) is 122 Å². The number of nitrogen functional groups attached to an aromatic ring is 1. The van der Waals surface area contributed by atoms with E-state index in [0.29, 0.717) is 11.4 Å². The zero-order valence-corrected chi connectivity index (χ0v) is 10.3. The molecule has 0 amide bonds. The summed E-state index contributed by atoms with van der Waals surface area (Å²) >= 11 is 0. The van der Waals surface area contributed by atoms with Gasteiger partial charge < -0.3 is 10.5 Å². The number of anilines is 1. The minimum absolute atomic E-state index is 0.00921. The van der Waals surface area contributed by atoms with E-state index in [1.54, 1.807) is 24.3 Å². The van der Waals surface area contributed by atoms with Crippen LogP contribution in [0, 0.1) is 0 Å². The molecule has 1 aromatic carbocycles. The first-order chi connectivity index (χ1) is 9.70. The quantitative estimate of drug-likeness (QED) is 0.731. The summed E-state index contributed by atoms with van der Waals surface area (Å²) in [5.74, 6) is 0.000372. The van der Waals surface area contributed by atoms with E-state index in [1.807, 2.05) is 0 Å². The summed E-state index contributed by atoms with van der Waals surface area (Å²) in [6.45, 7) is 0. The average molecular weight is 275 g/mol. The molecule has 0 aliphatic heterocycles. The van der Waals surface area contributed by atoms with E-state index < -0.39 is 5.76 Å². The highest BCUT2D eigenvalue weighted by molar-refractivity contribution is 5.64. The molecule has 2 heterocycles. The average Bonchev–Trinajstić information content (AvgIpc) is 3.04. The molecule has 0 aliphatic rings. The maximum Gasteiger partial charge on any atom is 0.446 e. The van der Waals surface area contributed by atoms with Crippen LogP contribution in [0.25, 0.3) is 17.2 Å². The molecule has 0 fully saturated rings. The Morgan fingerprint density at radius 1 is 1.30 bits per heavy atom. The highest BCUT2D eigenvalue weighted by Crippen LogP contribution is 2.23. The Bertz CT molecular complexity index is 803. The van der Waals surface area contributed by atoms with Crippen molar-refractivity contribution < 1.29 is 13.9 Å². The highest BCUT2D eigenvalue weighted by Gasteiger charge is 2.21. The maximum absolute atomic E-state index is 11.8. The van der Waals surface area contributed by atoms with Crippen LogP contribution in [0.3, 0.4) is 0 Å². The number of rotatable bonds is 3. The number of ether oxygens (including phenoxy) is 1. The van der Waals surface area contributed by atoms with Crippen molar-refractivity contribution in [1.29, 1.82) is 0 Å². The molecule has 0 radical (unpaired) electrons. The maximum atomic E-state index is 11.8. The molecule has 0 spiro atoms. The molecular weight excluding hydrogens is 266 g/mol. The lowest BCUT2D eigenvalue weighted by atomic mass is 10.3. The molecule has 3 aromatic rings. The van der Waals surface area contributed by atoms with Crippen molar-refractivity contribution in [2.75, 3.05) is 12.8 Å². The van der Waals surface area contributed by atoms with Crippen molar-refractivity contribution in [1.82, 2.24) is 20.0 Å². The summed E-state index contributed by atoms with van der Waals surface area (Å²) in [5.41, 5.74) is 6.21. The van der Waals surface area contributed by atoms with E-state index in [9.17, 15) is 4.79 Å². The smallest absolute Gasteiger partial charge is 0.446 e. The molecule has 9 nitrogen and oxygen atoms in total. The number of hydrogen-bond donors (Lipinski definition) is 1. The van der Waals surface area contributed by atoms with Crippen molar-refractivity contribution >= 4 is 5.82 Å². The zero-order valence-electron chi connectivity index (χ0n) is 10.3. The van der Waals surface area contributed by atoms with Gasteiger partial charge in [0.2, 0.25) is 5.82 Å². The molecule has 9 heteroatoms. The largest absolute Gasteiger partial charge is 0.497 e. The van der Waals surface area contributed by atoms with Crippen LogP contribution in [0.5, 0.6) is 5.75 Å². The van der Waals surface area contributed by atoms with Crippen molar-refractivity contribution in [2.45, 2.75) is 0 Å². The minimum Gasteiger partial charge on any atom is -0.497 e. The summed E-state index contributed by atoms with van der Waals surface area (Å²) < 4.78 is 15.5. The van der Waals surface area contributed by atoms with Crippen LogP contribution in [-0.4, -0.2) is 27.1 Å². The Kier molecular flexibility index (Phi) is 2.71. The molecule has 2 aromatic heterocycles. The van der Waals surface area contributed by atoms with E-state index in [4.69, 9.17) is 10.5 Å². The van der Waals surface area contributed by atoms with Crippen molar-refractivity contribution in [3.8, 4) is 23.0 Å². The lowest BCUT2D eigenvalue weighted by Gasteiger charge is -2.04. The second-order valence-corrected chi connectivity index (χ2v) is 3.81. The number of benzene rings is 1. The Balaban J connectivity index is 2.21. The first-order valence-corrected chi connectivity index (χ1v) is 5.52. The predicted molar refractivity (Wildman–Crippen MR) is 66.4 cm³/mol. The van der Waals surface area contributed by atoms with E-state index >= 15 is 0 Å². The van der Waals surface area contributed by atoms with Gasteiger partial charge in [0.25, 0.3) is 0 Å². The van der Waals surface area contributed by atoms with Gasteiger partial charge in [0.05, 0.1) is 12.8 Å². The van der Waals surface area contributed by atoms with Crippen LogP contribution in [0.1, 0.15) is 0 Å². The van der Waals surface area contributed by atoms with Crippen molar-refractivity contribution in [3.63, 3.8) is 0 Å². The monoisotopic (exact) mass is 275 g/mol. The summed E-state index contributed by atoms with van der Waals surface area (Å²) in [5, 5.41) is 10.7. The first-order valence-electron chi connectivity index (χ1n) is 5.52. The Labute approximate surface area is 111 Å². The fraction of sp³-hybridized carbons (Fsp3) is 0.0909. The number of methoxy groups -OCH3 is 1. The van der Waals surface area contributed by atoms with Crippen molar-refractivity contribution in [2.24, 2.45) is 0 Å².